The van der Waals surface area contributed by atoms with Crippen LogP contribution in [0.15, 0.2) is 18.2 Å². The molecule has 0 fully saturated rings. The summed E-state index contributed by atoms with van der Waals surface area (Å²) in [6.07, 6.45) is 0.483. The first-order chi connectivity index (χ1) is 7.08. The van der Waals surface area contributed by atoms with Gasteiger partial charge < -0.3 is 5.32 Å². The van der Waals surface area contributed by atoms with E-state index in [0.717, 1.165) is 16.8 Å². The van der Waals surface area contributed by atoms with Crippen molar-refractivity contribution < 1.29 is 4.79 Å². The molecule has 1 unspecified atom stereocenters. The average molecular weight is 222 g/mol. The van der Waals surface area contributed by atoms with Crippen LogP contribution >= 0.6 is 12.6 Å². The van der Waals surface area contributed by atoms with Gasteiger partial charge in [0.25, 0.3) is 0 Å². The third-order valence-electron chi connectivity index (χ3n) is 2.54. The van der Waals surface area contributed by atoms with Crippen LogP contribution in [0.5, 0.6) is 0 Å². The van der Waals surface area contributed by atoms with Crippen molar-refractivity contribution in [1.29, 1.82) is 0 Å². The van der Waals surface area contributed by atoms with Crippen molar-refractivity contribution >= 4 is 24.2 Å². The maximum absolute atomic E-state index is 11.2. The van der Waals surface area contributed by atoms with Crippen molar-refractivity contribution in [3.8, 4) is 0 Å². The summed E-state index contributed by atoms with van der Waals surface area (Å²) in [5, 5.41) is 2.89. The first kappa shape index (κ1) is 10.5. The molecule has 1 N–H and O–H groups in total. The Hall–Kier alpha value is -1.00. The van der Waals surface area contributed by atoms with Gasteiger partial charge in [0, 0.05) is 5.69 Å². The molecule has 0 aromatic heterocycles. The highest BCUT2D eigenvalue weighted by Crippen LogP contribution is 2.29. The smallest absolute Gasteiger partial charge is 0.228 e. The monoisotopic (exact) mass is 222 g/mol. The molecule has 0 spiro atoms. The topological polar surface area (TPSA) is 32.3 Å². The lowest BCUT2D eigenvalue weighted by Gasteiger charge is -2.19. The van der Waals surface area contributed by atoms with Gasteiger partial charge in [-0.3, -0.25) is 9.69 Å². The summed E-state index contributed by atoms with van der Waals surface area (Å²) in [4.78, 5) is 13.2. The summed E-state index contributed by atoms with van der Waals surface area (Å²) in [5.74, 6) is 0.0720. The molecular formula is C11H14N2OS. The first-order valence-electron chi connectivity index (χ1n) is 4.85. The van der Waals surface area contributed by atoms with Crippen LogP contribution in [0, 0.1) is 0 Å². The largest absolute Gasteiger partial charge is 0.326 e. The number of rotatable bonds is 2. The van der Waals surface area contributed by atoms with E-state index in [0.29, 0.717) is 6.42 Å². The summed E-state index contributed by atoms with van der Waals surface area (Å²) in [6.45, 7) is 0. The van der Waals surface area contributed by atoms with E-state index in [1.165, 1.54) is 0 Å². The molecule has 15 heavy (non-hydrogen) atoms. The zero-order valence-corrected chi connectivity index (χ0v) is 9.71. The van der Waals surface area contributed by atoms with Crippen LogP contribution < -0.4 is 5.32 Å². The van der Waals surface area contributed by atoms with E-state index in [4.69, 9.17) is 0 Å². The van der Waals surface area contributed by atoms with Crippen LogP contribution in [0.1, 0.15) is 16.5 Å². The normalized spacial score (nSPS) is 16.4. The fraction of sp³-hybridized carbons (Fsp3) is 0.364. The summed E-state index contributed by atoms with van der Waals surface area (Å²) >= 11 is 4.50. The minimum atomic E-state index is 0.0720. The highest BCUT2D eigenvalue weighted by molar-refractivity contribution is 7.80. The Kier molecular flexibility index (Phi) is 2.71. The lowest BCUT2D eigenvalue weighted by atomic mass is 10.1. The van der Waals surface area contributed by atoms with Crippen LogP contribution in [-0.4, -0.2) is 24.9 Å². The molecule has 3 nitrogen and oxygen atoms in total. The number of amides is 1. The fourth-order valence-electron chi connectivity index (χ4n) is 1.71. The maximum Gasteiger partial charge on any atom is 0.228 e. The van der Waals surface area contributed by atoms with Crippen LogP contribution in [-0.2, 0) is 11.2 Å². The van der Waals surface area contributed by atoms with Gasteiger partial charge in [-0.15, -0.1) is 0 Å². The Bertz CT molecular complexity index is 404. The lowest BCUT2D eigenvalue weighted by Crippen LogP contribution is -2.14. The van der Waals surface area contributed by atoms with E-state index in [1.54, 1.807) is 0 Å². The molecule has 0 bridgehead atoms. The number of anilines is 1. The lowest BCUT2D eigenvalue weighted by molar-refractivity contribution is -0.115. The molecule has 1 aliphatic rings. The van der Waals surface area contributed by atoms with Crippen molar-refractivity contribution in [3.63, 3.8) is 0 Å². The first-order valence-corrected chi connectivity index (χ1v) is 5.37. The number of nitrogens with zero attached hydrogens (tertiary/aromatic N) is 1. The number of hydrogen-bond acceptors (Lipinski definition) is 3. The molecule has 0 saturated carbocycles. The molecule has 1 amide bonds. The van der Waals surface area contributed by atoms with Gasteiger partial charge in [0.2, 0.25) is 5.91 Å². The number of nitrogens with one attached hydrogen (secondary N) is 1. The van der Waals surface area contributed by atoms with E-state index in [1.807, 2.05) is 37.2 Å². The zero-order valence-electron chi connectivity index (χ0n) is 8.82. The Morgan fingerprint density at radius 1 is 1.47 bits per heavy atom. The van der Waals surface area contributed by atoms with Crippen LogP contribution in [0.2, 0.25) is 0 Å². The third kappa shape index (κ3) is 2.01. The highest BCUT2D eigenvalue weighted by Gasteiger charge is 2.19. The van der Waals surface area contributed by atoms with Gasteiger partial charge in [0.1, 0.15) is 0 Å². The van der Waals surface area contributed by atoms with E-state index in [9.17, 15) is 4.79 Å². The second-order valence-corrected chi connectivity index (χ2v) is 4.47. The molecular weight excluding hydrogens is 208 g/mol. The molecule has 2 rings (SSSR count). The van der Waals surface area contributed by atoms with E-state index in [-0.39, 0.29) is 11.3 Å². The predicted octanol–water partition coefficient (Wildman–Crippen LogP) is 1.67. The summed E-state index contributed by atoms with van der Waals surface area (Å²) in [5.41, 5.74) is 3.13. The molecule has 0 saturated heterocycles. The quantitative estimate of drug-likeness (QED) is 0.589. The van der Waals surface area contributed by atoms with Crippen LogP contribution in [0.25, 0.3) is 0 Å². The van der Waals surface area contributed by atoms with Crippen molar-refractivity contribution in [2.45, 2.75) is 11.8 Å². The van der Waals surface area contributed by atoms with Gasteiger partial charge in [0.05, 0.1) is 11.8 Å². The number of hydrogen-bond donors (Lipinski definition) is 2. The molecule has 0 radical (unpaired) electrons. The third-order valence-corrected chi connectivity index (χ3v) is 3.30. The van der Waals surface area contributed by atoms with E-state index >= 15 is 0 Å². The second-order valence-electron chi connectivity index (χ2n) is 3.98. The molecule has 1 heterocycles. The van der Waals surface area contributed by atoms with Crippen LogP contribution in [0.4, 0.5) is 5.69 Å². The Morgan fingerprint density at radius 3 is 2.87 bits per heavy atom. The van der Waals surface area contributed by atoms with E-state index in [2.05, 4.69) is 17.9 Å². The maximum atomic E-state index is 11.2. The van der Waals surface area contributed by atoms with Gasteiger partial charge >= 0.3 is 0 Å². The molecule has 0 aliphatic carbocycles. The molecule has 4 heteroatoms. The van der Waals surface area contributed by atoms with Crippen molar-refractivity contribution in [1.82, 2.24) is 4.90 Å². The SMILES string of the molecule is CN(C)C(S)c1ccc2c(c1)CC(=O)N2. The number of carbonyl (C=O) groups is 1. The number of fused-ring (bicyclic) bond motifs is 1. The van der Waals surface area contributed by atoms with Crippen LogP contribution in [0.3, 0.4) is 0 Å². The molecule has 1 aromatic carbocycles. The molecule has 1 aromatic rings. The zero-order chi connectivity index (χ0) is 11.0. The van der Waals surface area contributed by atoms with Gasteiger partial charge in [0.15, 0.2) is 0 Å². The fourth-order valence-corrected chi connectivity index (χ4v) is 1.87. The minimum Gasteiger partial charge on any atom is -0.326 e. The van der Waals surface area contributed by atoms with Gasteiger partial charge in [-0.25, -0.2) is 0 Å². The minimum absolute atomic E-state index is 0.0720. The summed E-state index contributed by atoms with van der Waals surface area (Å²) in [6, 6.07) is 6.00. The summed E-state index contributed by atoms with van der Waals surface area (Å²) in [7, 11) is 3.96. The molecule has 1 atom stereocenters. The summed E-state index contributed by atoms with van der Waals surface area (Å²) < 4.78 is 0. The van der Waals surface area contributed by atoms with Gasteiger partial charge in [-0.1, -0.05) is 12.1 Å². The number of benzene rings is 1. The Labute approximate surface area is 94.9 Å². The van der Waals surface area contributed by atoms with Gasteiger partial charge in [-0.05, 0) is 31.3 Å². The second kappa shape index (κ2) is 3.87. The average Bonchev–Trinajstić information content (AvgIpc) is 2.55. The molecule has 1 aliphatic heterocycles. The molecule has 80 valence electrons. The van der Waals surface area contributed by atoms with Crippen molar-refractivity contribution in [3.05, 3.63) is 29.3 Å². The number of carbonyl (C=O) groups excluding carboxylic acids is 1. The Morgan fingerprint density at radius 2 is 2.20 bits per heavy atom. The van der Waals surface area contributed by atoms with E-state index < -0.39 is 0 Å². The predicted molar refractivity (Wildman–Crippen MR) is 64.2 cm³/mol. The standard InChI is InChI=1S/C11H14N2OS/c1-13(2)11(15)7-3-4-9-8(5-7)6-10(14)12-9/h3-5,11,15H,6H2,1-2H3,(H,12,14). The highest BCUT2D eigenvalue weighted by atomic mass is 32.1. The van der Waals surface area contributed by atoms with Crippen molar-refractivity contribution in [2.75, 3.05) is 19.4 Å². The van der Waals surface area contributed by atoms with Gasteiger partial charge in [-0.2, -0.15) is 12.6 Å². The number of thiol groups is 1. The Balaban J connectivity index is 2.31. The van der Waals surface area contributed by atoms with Crippen molar-refractivity contribution in [2.24, 2.45) is 0 Å².